The van der Waals surface area contributed by atoms with Crippen molar-refractivity contribution in [3.63, 3.8) is 0 Å². The maximum Gasteiger partial charge on any atom is 0.418 e. The zero-order chi connectivity index (χ0) is 18.7. The molecule has 0 spiro atoms. The Balaban J connectivity index is 1.77. The zero-order valence-corrected chi connectivity index (χ0v) is 14.2. The van der Waals surface area contributed by atoms with Gasteiger partial charge in [-0.2, -0.15) is 13.2 Å². The number of nitrogens with one attached hydrogen (secondary N) is 1. The Bertz CT molecular complexity index is 912. The lowest BCUT2D eigenvalue weighted by atomic mass is 10.1. The van der Waals surface area contributed by atoms with Crippen molar-refractivity contribution in [2.24, 2.45) is 0 Å². The first-order valence-corrected chi connectivity index (χ1v) is 7.82. The van der Waals surface area contributed by atoms with Crippen LogP contribution in [0.1, 0.15) is 11.5 Å². The van der Waals surface area contributed by atoms with Crippen LogP contribution in [-0.2, 0) is 12.7 Å². The highest BCUT2D eigenvalue weighted by molar-refractivity contribution is 6.30. The van der Waals surface area contributed by atoms with E-state index in [2.05, 4.69) is 15.5 Å². The van der Waals surface area contributed by atoms with Gasteiger partial charge in [-0.1, -0.05) is 17.7 Å². The number of halogens is 4. The van der Waals surface area contributed by atoms with Crippen LogP contribution in [0.25, 0.3) is 11.5 Å². The van der Waals surface area contributed by atoms with Gasteiger partial charge in [0.2, 0.25) is 11.8 Å². The molecule has 3 rings (SSSR count). The summed E-state index contributed by atoms with van der Waals surface area (Å²) >= 11 is 5.66. The summed E-state index contributed by atoms with van der Waals surface area (Å²) < 4.78 is 49.9. The molecule has 0 amide bonds. The molecule has 0 saturated heterocycles. The molecule has 5 nitrogen and oxygen atoms in total. The number of ether oxygens (including phenoxy) is 1. The van der Waals surface area contributed by atoms with E-state index in [-0.39, 0.29) is 29.0 Å². The smallest absolute Gasteiger partial charge is 0.418 e. The third-order valence-corrected chi connectivity index (χ3v) is 3.74. The predicted molar refractivity (Wildman–Crippen MR) is 90.1 cm³/mol. The number of benzene rings is 2. The number of anilines is 1. The van der Waals surface area contributed by atoms with Crippen LogP contribution in [0.3, 0.4) is 0 Å². The molecule has 0 saturated carbocycles. The van der Waals surface area contributed by atoms with E-state index in [1.807, 2.05) is 0 Å². The summed E-state index contributed by atoms with van der Waals surface area (Å²) in [6, 6.07) is 10.5. The second-order valence-electron chi connectivity index (χ2n) is 5.27. The fourth-order valence-electron chi connectivity index (χ4n) is 2.27. The van der Waals surface area contributed by atoms with E-state index in [1.165, 1.54) is 19.2 Å². The van der Waals surface area contributed by atoms with Gasteiger partial charge >= 0.3 is 6.18 Å². The fourth-order valence-corrected chi connectivity index (χ4v) is 2.45. The van der Waals surface area contributed by atoms with E-state index >= 15 is 0 Å². The Morgan fingerprint density at radius 3 is 2.69 bits per heavy atom. The summed E-state index contributed by atoms with van der Waals surface area (Å²) in [6.45, 7) is -0.0678. The molecule has 0 bridgehead atoms. The molecule has 136 valence electrons. The number of hydrogen-bond acceptors (Lipinski definition) is 5. The number of rotatable bonds is 5. The molecule has 26 heavy (non-hydrogen) atoms. The van der Waals surface area contributed by atoms with Crippen molar-refractivity contribution in [2.75, 3.05) is 12.4 Å². The van der Waals surface area contributed by atoms with E-state index in [0.29, 0.717) is 11.3 Å². The Morgan fingerprint density at radius 1 is 1.15 bits per heavy atom. The van der Waals surface area contributed by atoms with Crippen LogP contribution < -0.4 is 10.1 Å². The number of methoxy groups -OCH3 is 1. The average Bonchev–Trinajstić information content (AvgIpc) is 3.09. The SMILES string of the molecule is COc1cccc(-c2nnc(CNc3ccc(Cl)cc3C(F)(F)F)o2)c1. The Morgan fingerprint density at radius 2 is 1.96 bits per heavy atom. The van der Waals surface area contributed by atoms with Crippen molar-refractivity contribution in [3.8, 4) is 17.2 Å². The largest absolute Gasteiger partial charge is 0.497 e. The quantitative estimate of drug-likeness (QED) is 0.669. The first-order chi connectivity index (χ1) is 12.4. The Hall–Kier alpha value is -2.74. The minimum atomic E-state index is -4.53. The third-order valence-electron chi connectivity index (χ3n) is 3.50. The van der Waals surface area contributed by atoms with E-state index in [4.69, 9.17) is 20.8 Å². The van der Waals surface area contributed by atoms with Crippen molar-refractivity contribution in [3.05, 3.63) is 58.9 Å². The minimum absolute atomic E-state index is 0.000904. The Labute approximate surface area is 151 Å². The molecule has 1 heterocycles. The number of aromatic nitrogens is 2. The molecule has 0 unspecified atom stereocenters. The molecule has 0 aliphatic rings. The number of nitrogens with zero attached hydrogens (tertiary/aromatic N) is 2. The van der Waals surface area contributed by atoms with Crippen molar-refractivity contribution >= 4 is 17.3 Å². The maximum atomic E-state index is 13.1. The third kappa shape index (κ3) is 4.08. The molecule has 3 aromatic rings. The lowest BCUT2D eigenvalue weighted by molar-refractivity contribution is -0.137. The van der Waals surface area contributed by atoms with E-state index in [1.54, 1.807) is 24.3 Å². The lowest BCUT2D eigenvalue weighted by Gasteiger charge is -2.13. The van der Waals surface area contributed by atoms with E-state index in [9.17, 15) is 13.2 Å². The van der Waals surface area contributed by atoms with Crippen molar-refractivity contribution < 1.29 is 22.3 Å². The molecule has 1 aromatic heterocycles. The zero-order valence-electron chi connectivity index (χ0n) is 13.5. The molecule has 0 fully saturated rings. The lowest BCUT2D eigenvalue weighted by Crippen LogP contribution is -2.11. The molecule has 9 heteroatoms. The van der Waals surface area contributed by atoms with Gasteiger partial charge in [-0.3, -0.25) is 0 Å². The van der Waals surface area contributed by atoms with Gasteiger partial charge in [-0.25, -0.2) is 0 Å². The first kappa shape index (κ1) is 18.1. The second-order valence-corrected chi connectivity index (χ2v) is 5.71. The van der Waals surface area contributed by atoms with Crippen LogP contribution in [-0.4, -0.2) is 17.3 Å². The highest BCUT2D eigenvalue weighted by atomic mass is 35.5. The molecule has 0 aliphatic heterocycles. The molecule has 1 N–H and O–H groups in total. The summed E-state index contributed by atoms with van der Waals surface area (Å²) in [5, 5.41) is 10.4. The van der Waals surface area contributed by atoms with Gasteiger partial charge in [0.15, 0.2) is 0 Å². The second kappa shape index (κ2) is 7.25. The van der Waals surface area contributed by atoms with Crippen LogP contribution in [0.15, 0.2) is 46.9 Å². The van der Waals surface area contributed by atoms with Crippen LogP contribution in [0.4, 0.5) is 18.9 Å². The van der Waals surface area contributed by atoms with E-state index < -0.39 is 11.7 Å². The first-order valence-electron chi connectivity index (χ1n) is 7.44. The van der Waals surface area contributed by atoms with Gasteiger partial charge in [0, 0.05) is 16.3 Å². The van der Waals surface area contributed by atoms with Gasteiger partial charge in [0.25, 0.3) is 0 Å². The summed E-state index contributed by atoms with van der Waals surface area (Å²) in [5.74, 6) is 1.01. The topological polar surface area (TPSA) is 60.2 Å². The summed E-state index contributed by atoms with van der Waals surface area (Å²) in [5.41, 5.74) is -0.342. The monoisotopic (exact) mass is 383 g/mol. The van der Waals surface area contributed by atoms with Gasteiger partial charge in [0.1, 0.15) is 5.75 Å². The van der Waals surface area contributed by atoms with Crippen LogP contribution >= 0.6 is 11.6 Å². The van der Waals surface area contributed by atoms with Crippen molar-refractivity contribution in [2.45, 2.75) is 12.7 Å². The molecular weight excluding hydrogens is 371 g/mol. The summed E-state index contributed by atoms with van der Waals surface area (Å²) in [6.07, 6.45) is -4.53. The summed E-state index contributed by atoms with van der Waals surface area (Å²) in [4.78, 5) is 0. The maximum absolute atomic E-state index is 13.1. The molecule has 0 radical (unpaired) electrons. The highest BCUT2D eigenvalue weighted by Crippen LogP contribution is 2.36. The normalized spacial score (nSPS) is 11.4. The van der Waals surface area contributed by atoms with Crippen LogP contribution in [0, 0.1) is 0 Å². The van der Waals surface area contributed by atoms with Gasteiger partial charge in [-0.15, -0.1) is 10.2 Å². The average molecular weight is 384 g/mol. The van der Waals surface area contributed by atoms with Gasteiger partial charge < -0.3 is 14.5 Å². The van der Waals surface area contributed by atoms with Gasteiger partial charge in [0.05, 0.1) is 19.2 Å². The predicted octanol–water partition coefficient (Wildman–Crippen LogP) is 5.03. The van der Waals surface area contributed by atoms with Gasteiger partial charge in [-0.05, 0) is 36.4 Å². The number of hydrogen-bond donors (Lipinski definition) is 1. The number of alkyl halides is 3. The van der Waals surface area contributed by atoms with Crippen molar-refractivity contribution in [1.29, 1.82) is 0 Å². The standard InChI is InChI=1S/C17H13ClF3N3O2/c1-25-12-4-2-3-10(7-12)16-24-23-15(26-16)9-22-14-6-5-11(18)8-13(14)17(19,20)21/h2-8,22H,9H2,1H3. The highest BCUT2D eigenvalue weighted by Gasteiger charge is 2.33. The molecule has 0 aliphatic carbocycles. The molecule has 2 aromatic carbocycles. The summed E-state index contributed by atoms with van der Waals surface area (Å²) in [7, 11) is 1.53. The van der Waals surface area contributed by atoms with Crippen LogP contribution in [0.5, 0.6) is 5.75 Å². The van der Waals surface area contributed by atoms with E-state index in [0.717, 1.165) is 6.07 Å². The molecule has 0 atom stereocenters. The fraction of sp³-hybridized carbons (Fsp3) is 0.176. The molecular formula is C17H13ClF3N3O2. The van der Waals surface area contributed by atoms with Crippen molar-refractivity contribution in [1.82, 2.24) is 10.2 Å². The minimum Gasteiger partial charge on any atom is -0.497 e. The Kier molecular flexibility index (Phi) is 5.03. The van der Waals surface area contributed by atoms with Crippen LogP contribution in [0.2, 0.25) is 5.02 Å².